The van der Waals surface area contributed by atoms with Gasteiger partial charge in [0.05, 0.1) is 5.56 Å². The zero-order valence-electron chi connectivity index (χ0n) is 14.7. The monoisotopic (exact) mass is 350 g/mol. The maximum atomic E-state index is 12.5. The van der Waals surface area contributed by atoms with Crippen molar-refractivity contribution in [3.8, 4) is 28.0 Å². The lowest BCUT2D eigenvalue weighted by atomic mass is 9.94. The molecule has 0 radical (unpaired) electrons. The molecular weight excluding hydrogens is 332 g/mol. The second kappa shape index (κ2) is 7.71. The van der Waals surface area contributed by atoms with Gasteiger partial charge in [-0.3, -0.25) is 0 Å². The van der Waals surface area contributed by atoms with Crippen LogP contribution in [0.4, 0.5) is 0 Å². The molecule has 0 aliphatic carbocycles. The summed E-state index contributed by atoms with van der Waals surface area (Å²) in [5.41, 5.74) is 4.67. The van der Waals surface area contributed by atoms with E-state index in [0.29, 0.717) is 11.3 Å². The van der Waals surface area contributed by atoms with Gasteiger partial charge in [-0.05, 0) is 34.9 Å². The van der Waals surface area contributed by atoms with Gasteiger partial charge in [-0.15, -0.1) is 0 Å². The van der Waals surface area contributed by atoms with Gasteiger partial charge in [0.2, 0.25) is 0 Å². The predicted molar refractivity (Wildman–Crippen MR) is 109 cm³/mol. The second-order valence-corrected chi connectivity index (χ2v) is 6.16. The molecule has 0 aliphatic heterocycles. The number of hydrogen-bond donors (Lipinski definition) is 0. The fourth-order valence-corrected chi connectivity index (χ4v) is 3.10. The van der Waals surface area contributed by atoms with Crippen molar-refractivity contribution in [2.45, 2.75) is 0 Å². The number of ether oxygens (including phenoxy) is 1. The van der Waals surface area contributed by atoms with Crippen molar-refractivity contribution in [2.75, 3.05) is 0 Å². The summed E-state index contributed by atoms with van der Waals surface area (Å²) in [6.45, 7) is 0. The SMILES string of the molecule is O=C(Oc1ccccc1-c1ccccc1-c1ccccc1)c1ccccc1. The van der Waals surface area contributed by atoms with Gasteiger partial charge in [-0.1, -0.05) is 91.0 Å². The van der Waals surface area contributed by atoms with Gasteiger partial charge in [-0.2, -0.15) is 0 Å². The third kappa shape index (κ3) is 3.65. The highest BCUT2D eigenvalue weighted by atomic mass is 16.5. The standard InChI is InChI=1S/C25H18O2/c26-25(20-13-5-2-6-14-20)27-24-18-10-9-17-23(24)22-16-8-7-15-21(22)19-11-3-1-4-12-19/h1-18H. The molecule has 4 aromatic carbocycles. The van der Waals surface area contributed by atoms with Gasteiger partial charge in [0.15, 0.2) is 0 Å². The zero-order valence-corrected chi connectivity index (χ0v) is 14.7. The van der Waals surface area contributed by atoms with Crippen molar-refractivity contribution in [1.82, 2.24) is 0 Å². The van der Waals surface area contributed by atoms with Crippen LogP contribution in [0.15, 0.2) is 109 Å². The Morgan fingerprint density at radius 3 is 1.74 bits per heavy atom. The Balaban J connectivity index is 1.76. The Kier molecular flexibility index (Phi) is 4.80. The molecule has 0 unspecified atom stereocenters. The topological polar surface area (TPSA) is 26.3 Å². The molecule has 2 nitrogen and oxygen atoms in total. The lowest BCUT2D eigenvalue weighted by Gasteiger charge is -2.14. The summed E-state index contributed by atoms with van der Waals surface area (Å²) in [5, 5.41) is 0. The lowest BCUT2D eigenvalue weighted by Crippen LogP contribution is -2.08. The van der Waals surface area contributed by atoms with E-state index in [1.54, 1.807) is 12.1 Å². The van der Waals surface area contributed by atoms with E-state index in [4.69, 9.17) is 4.74 Å². The van der Waals surface area contributed by atoms with Crippen LogP contribution in [0.2, 0.25) is 0 Å². The molecule has 0 aromatic heterocycles. The Morgan fingerprint density at radius 1 is 0.519 bits per heavy atom. The average molecular weight is 350 g/mol. The molecule has 0 N–H and O–H groups in total. The van der Waals surface area contributed by atoms with E-state index in [1.807, 2.05) is 72.8 Å². The summed E-state index contributed by atoms with van der Waals surface area (Å²) in [5.74, 6) is 0.190. The van der Waals surface area contributed by atoms with Crippen LogP contribution in [0, 0.1) is 0 Å². The molecule has 0 saturated carbocycles. The van der Waals surface area contributed by atoms with E-state index in [-0.39, 0.29) is 5.97 Å². The summed E-state index contributed by atoms with van der Waals surface area (Å²) in [6.07, 6.45) is 0. The lowest BCUT2D eigenvalue weighted by molar-refractivity contribution is 0.0735. The third-order valence-corrected chi connectivity index (χ3v) is 4.40. The van der Waals surface area contributed by atoms with Crippen molar-refractivity contribution < 1.29 is 9.53 Å². The fourth-order valence-electron chi connectivity index (χ4n) is 3.10. The molecular formula is C25H18O2. The highest BCUT2D eigenvalue weighted by Gasteiger charge is 2.15. The minimum absolute atomic E-state index is 0.361. The van der Waals surface area contributed by atoms with Crippen LogP contribution in [-0.4, -0.2) is 5.97 Å². The van der Waals surface area contributed by atoms with Crippen molar-refractivity contribution in [3.05, 3.63) is 115 Å². The van der Waals surface area contributed by atoms with Gasteiger partial charge in [-0.25, -0.2) is 4.79 Å². The van der Waals surface area contributed by atoms with Crippen LogP contribution in [-0.2, 0) is 0 Å². The van der Waals surface area contributed by atoms with Crippen LogP contribution in [0.5, 0.6) is 5.75 Å². The number of esters is 1. The highest BCUT2D eigenvalue weighted by Crippen LogP contribution is 2.37. The first kappa shape index (κ1) is 16.8. The minimum Gasteiger partial charge on any atom is -0.422 e. The first-order valence-corrected chi connectivity index (χ1v) is 8.84. The summed E-state index contributed by atoms with van der Waals surface area (Å²) in [6, 6.07) is 35.0. The van der Waals surface area contributed by atoms with Crippen LogP contribution >= 0.6 is 0 Å². The summed E-state index contributed by atoms with van der Waals surface area (Å²) in [7, 11) is 0. The third-order valence-electron chi connectivity index (χ3n) is 4.40. The van der Waals surface area contributed by atoms with Crippen molar-refractivity contribution in [3.63, 3.8) is 0 Å². The van der Waals surface area contributed by atoms with E-state index in [0.717, 1.165) is 22.3 Å². The molecule has 0 fully saturated rings. The maximum absolute atomic E-state index is 12.5. The van der Waals surface area contributed by atoms with E-state index in [9.17, 15) is 4.79 Å². The summed E-state index contributed by atoms with van der Waals surface area (Å²) in [4.78, 5) is 12.5. The maximum Gasteiger partial charge on any atom is 0.343 e. The van der Waals surface area contributed by atoms with E-state index < -0.39 is 0 Å². The average Bonchev–Trinajstić information content (AvgIpc) is 2.75. The van der Waals surface area contributed by atoms with Gasteiger partial charge >= 0.3 is 5.97 Å². The molecule has 0 spiro atoms. The molecule has 0 saturated heterocycles. The van der Waals surface area contributed by atoms with Crippen LogP contribution in [0.3, 0.4) is 0 Å². The largest absolute Gasteiger partial charge is 0.422 e. The second-order valence-electron chi connectivity index (χ2n) is 6.16. The Morgan fingerprint density at radius 2 is 1.04 bits per heavy atom. The predicted octanol–water partition coefficient (Wildman–Crippen LogP) is 6.24. The molecule has 2 heteroatoms. The highest BCUT2D eigenvalue weighted by molar-refractivity contribution is 5.93. The molecule has 0 heterocycles. The van der Waals surface area contributed by atoms with Gasteiger partial charge in [0.1, 0.15) is 5.75 Å². The fraction of sp³-hybridized carbons (Fsp3) is 0. The summed E-state index contributed by atoms with van der Waals surface area (Å²) < 4.78 is 5.74. The van der Waals surface area contributed by atoms with Crippen LogP contribution in [0.25, 0.3) is 22.3 Å². The van der Waals surface area contributed by atoms with E-state index in [1.165, 1.54) is 0 Å². The Hall–Kier alpha value is -3.65. The number of hydrogen-bond acceptors (Lipinski definition) is 2. The molecule has 27 heavy (non-hydrogen) atoms. The Labute approximate surface area is 158 Å². The van der Waals surface area contributed by atoms with E-state index >= 15 is 0 Å². The molecule has 0 bridgehead atoms. The number of para-hydroxylation sites is 1. The van der Waals surface area contributed by atoms with Gasteiger partial charge in [0, 0.05) is 5.56 Å². The zero-order chi connectivity index (χ0) is 18.5. The van der Waals surface area contributed by atoms with Gasteiger partial charge < -0.3 is 4.74 Å². The smallest absolute Gasteiger partial charge is 0.343 e. The Bertz CT molecular complexity index is 1050. The molecule has 0 amide bonds. The number of carbonyl (C=O) groups is 1. The molecule has 0 aliphatic rings. The minimum atomic E-state index is -0.361. The first-order valence-electron chi connectivity index (χ1n) is 8.84. The number of benzene rings is 4. The normalized spacial score (nSPS) is 10.4. The molecule has 0 atom stereocenters. The molecule has 130 valence electrons. The number of rotatable bonds is 4. The summed E-state index contributed by atoms with van der Waals surface area (Å²) >= 11 is 0. The van der Waals surface area contributed by atoms with Crippen LogP contribution in [0.1, 0.15) is 10.4 Å². The van der Waals surface area contributed by atoms with Crippen molar-refractivity contribution in [1.29, 1.82) is 0 Å². The molecule has 4 aromatic rings. The number of carbonyl (C=O) groups excluding carboxylic acids is 1. The van der Waals surface area contributed by atoms with Crippen molar-refractivity contribution in [2.24, 2.45) is 0 Å². The quantitative estimate of drug-likeness (QED) is 0.322. The van der Waals surface area contributed by atoms with Gasteiger partial charge in [0.25, 0.3) is 0 Å². The van der Waals surface area contributed by atoms with E-state index in [2.05, 4.69) is 24.3 Å². The first-order chi connectivity index (χ1) is 13.3. The molecule has 4 rings (SSSR count). The van der Waals surface area contributed by atoms with Crippen LogP contribution < -0.4 is 4.74 Å². The van der Waals surface area contributed by atoms with Crippen molar-refractivity contribution >= 4 is 5.97 Å².